The number of aromatic nitrogens is 3. The van der Waals surface area contributed by atoms with Crippen molar-refractivity contribution in [2.45, 2.75) is 38.8 Å². The van der Waals surface area contributed by atoms with E-state index in [9.17, 15) is 9.18 Å². The number of carbonyl (C=O) groups excluding carboxylic acids is 1. The minimum atomic E-state index is -0.348. The largest absolute Gasteiger partial charge is 0.332 e. The summed E-state index contributed by atoms with van der Waals surface area (Å²) in [6, 6.07) is 4.32. The van der Waals surface area contributed by atoms with Crippen molar-refractivity contribution >= 4 is 11.7 Å². The monoisotopic (exact) mass is 303 g/mol. The number of carbonyl (C=O) groups is 1. The summed E-state index contributed by atoms with van der Waals surface area (Å²) in [6.45, 7) is 2.92. The summed E-state index contributed by atoms with van der Waals surface area (Å²) in [5, 5.41) is 13.6. The Balaban J connectivity index is 1.56. The molecule has 1 aliphatic rings. The van der Waals surface area contributed by atoms with Crippen LogP contribution in [0.5, 0.6) is 0 Å². The number of amides is 2. The van der Waals surface area contributed by atoms with Crippen LogP contribution in [-0.4, -0.2) is 21.0 Å². The van der Waals surface area contributed by atoms with E-state index in [0.717, 1.165) is 12.8 Å². The van der Waals surface area contributed by atoms with Crippen molar-refractivity contribution in [3.05, 3.63) is 41.5 Å². The zero-order valence-corrected chi connectivity index (χ0v) is 12.3. The van der Waals surface area contributed by atoms with E-state index in [2.05, 4.69) is 20.8 Å². The fraction of sp³-hybridized carbons (Fsp3) is 0.400. The summed E-state index contributed by atoms with van der Waals surface area (Å²) in [5.74, 6) is 0.0959. The first kappa shape index (κ1) is 14.5. The Kier molecular flexibility index (Phi) is 4.04. The lowest BCUT2D eigenvalue weighted by molar-refractivity contribution is 0.251. The van der Waals surface area contributed by atoms with Gasteiger partial charge in [0.15, 0.2) is 0 Å². The molecule has 0 spiro atoms. The van der Waals surface area contributed by atoms with E-state index in [1.54, 1.807) is 23.1 Å². The maximum atomic E-state index is 13.7. The molecule has 0 saturated heterocycles. The average Bonchev–Trinajstić information content (AvgIpc) is 3.25. The molecule has 0 radical (unpaired) electrons. The van der Waals surface area contributed by atoms with Gasteiger partial charge in [-0.2, -0.15) is 15.0 Å². The first-order valence-electron chi connectivity index (χ1n) is 7.39. The number of anilines is 1. The second-order valence-corrected chi connectivity index (χ2v) is 5.34. The van der Waals surface area contributed by atoms with Crippen molar-refractivity contribution in [3.63, 3.8) is 0 Å². The summed E-state index contributed by atoms with van der Waals surface area (Å²) >= 11 is 0. The highest BCUT2D eigenvalue weighted by Gasteiger charge is 2.26. The number of hydrogen-bond donors (Lipinski definition) is 2. The summed E-state index contributed by atoms with van der Waals surface area (Å²) in [5.41, 5.74) is 1.97. The van der Waals surface area contributed by atoms with E-state index in [-0.39, 0.29) is 11.8 Å². The maximum absolute atomic E-state index is 13.7. The molecule has 3 rings (SSSR count). The predicted molar refractivity (Wildman–Crippen MR) is 79.9 cm³/mol. The van der Waals surface area contributed by atoms with Crippen molar-refractivity contribution in [1.29, 1.82) is 0 Å². The van der Waals surface area contributed by atoms with E-state index in [1.807, 2.05) is 6.92 Å². The van der Waals surface area contributed by atoms with Gasteiger partial charge in [-0.1, -0.05) is 0 Å². The SMILES string of the molecule is CCn1ncc(CNC(=O)Nc2ccc(F)c(C3CC3)c2)n1. The molecule has 7 heteroatoms. The molecular formula is C15H18FN5O. The van der Waals surface area contributed by atoms with Gasteiger partial charge in [-0.3, -0.25) is 0 Å². The molecule has 0 bridgehead atoms. The number of urea groups is 1. The molecule has 1 heterocycles. The van der Waals surface area contributed by atoms with E-state index >= 15 is 0 Å². The lowest BCUT2D eigenvalue weighted by Crippen LogP contribution is -2.28. The second kappa shape index (κ2) is 6.13. The first-order valence-corrected chi connectivity index (χ1v) is 7.39. The summed E-state index contributed by atoms with van der Waals surface area (Å²) in [4.78, 5) is 13.4. The van der Waals surface area contributed by atoms with Gasteiger partial charge in [0.05, 0.1) is 19.3 Å². The van der Waals surface area contributed by atoms with Crippen LogP contribution in [0.15, 0.2) is 24.4 Å². The van der Waals surface area contributed by atoms with E-state index in [1.165, 1.54) is 6.07 Å². The molecule has 2 amide bonds. The van der Waals surface area contributed by atoms with Crippen molar-refractivity contribution in [2.75, 3.05) is 5.32 Å². The fourth-order valence-corrected chi connectivity index (χ4v) is 2.24. The standard InChI is InChI=1S/C15H18FN5O/c1-2-21-18-9-12(20-21)8-17-15(22)19-11-5-6-14(16)13(7-11)10-3-4-10/h5-7,9-10H,2-4,8H2,1H3,(H2,17,19,22). The summed E-state index contributed by atoms with van der Waals surface area (Å²) < 4.78 is 13.7. The number of halogens is 1. The second-order valence-electron chi connectivity index (χ2n) is 5.34. The van der Waals surface area contributed by atoms with Gasteiger partial charge in [0.1, 0.15) is 11.5 Å². The van der Waals surface area contributed by atoms with Gasteiger partial charge in [-0.15, -0.1) is 0 Å². The van der Waals surface area contributed by atoms with Crippen LogP contribution in [0.4, 0.5) is 14.9 Å². The van der Waals surface area contributed by atoms with Gasteiger partial charge in [0.25, 0.3) is 0 Å². The van der Waals surface area contributed by atoms with Crippen LogP contribution < -0.4 is 10.6 Å². The highest BCUT2D eigenvalue weighted by molar-refractivity contribution is 5.89. The Bertz CT molecular complexity index is 680. The molecule has 2 N–H and O–H groups in total. The third kappa shape index (κ3) is 3.41. The molecule has 1 aliphatic carbocycles. The Labute approximate surface area is 127 Å². The molecule has 1 saturated carbocycles. The number of nitrogens with one attached hydrogen (secondary N) is 2. The number of nitrogens with zero attached hydrogens (tertiary/aromatic N) is 3. The van der Waals surface area contributed by atoms with Crippen molar-refractivity contribution in [1.82, 2.24) is 20.3 Å². The molecule has 2 aromatic rings. The smallest absolute Gasteiger partial charge is 0.319 e. The first-order chi connectivity index (χ1) is 10.7. The van der Waals surface area contributed by atoms with Gasteiger partial charge < -0.3 is 10.6 Å². The molecular weight excluding hydrogens is 285 g/mol. The van der Waals surface area contributed by atoms with Crippen molar-refractivity contribution in [3.8, 4) is 0 Å². The highest BCUT2D eigenvalue weighted by Crippen LogP contribution is 2.42. The van der Waals surface area contributed by atoms with Crippen molar-refractivity contribution in [2.24, 2.45) is 0 Å². The van der Waals surface area contributed by atoms with Crippen LogP contribution in [0.25, 0.3) is 0 Å². The minimum Gasteiger partial charge on any atom is -0.332 e. The Morgan fingerprint density at radius 2 is 2.27 bits per heavy atom. The molecule has 0 atom stereocenters. The predicted octanol–water partition coefficient (Wildman–Crippen LogP) is 2.64. The van der Waals surface area contributed by atoms with Gasteiger partial charge in [0.2, 0.25) is 0 Å². The van der Waals surface area contributed by atoms with Gasteiger partial charge >= 0.3 is 6.03 Å². The van der Waals surface area contributed by atoms with E-state index < -0.39 is 0 Å². The van der Waals surface area contributed by atoms with Crippen LogP contribution in [-0.2, 0) is 13.1 Å². The summed E-state index contributed by atoms with van der Waals surface area (Å²) in [6.07, 6.45) is 3.65. The fourth-order valence-electron chi connectivity index (χ4n) is 2.24. The zero-order valence-electron chi connectivity index (χ0n) is 12.3. The van der Waals surface area contributed by atoms with Crippen molar-refractivity contribution < 1.29 is 9.18 Å². The molecule has 1 fully saturated rings. The molecule has 116 valence electrons. The maximum Gasteiger partial charge on any atom is 0.319 e. The lowest BCUT2D eigenvalue weighted by atomic mass is 10.1. The summed E-state index contributed by atoms with van der Waals surface area (Å²) in [7, 11) is 0. The molecule has 0 aliphatic heterocycles. The Morgan fingerprint density at radius 1 is 1.45 bits per heavy atom. The molecule has 0 unspecified atom stereocenters. The number of aryl methyl sites for hydroxylation is 1. The highest BCUT2D eigenvalue weighted by atomic mass is 19.1. The molecule has 1 aromatic carbocycles. The lowest BCUT2D eigenvalue weighted by Gasteiger charge is -2.08. The number of rotatable bonds is 5. The number of benzene rings is 1. The molecule has 6 nitrogen and oxygen atoms in total. The van der Waals surface area contributed by atoms with Crippen LogP contribution in [0.1, 0.15) is 36.9 Å². The minimum absolute atomic E-state index is 0.204. The topological polar surface area (TPSA) is 71.8 Å². The van der Waals surface area contributed by atoms with Crippen LogP contribution in [0, 0.1) is 5.82 Å². The molecule has 22 heavy (non-hydrogen) atoms. The Morgan fingerprint density at radius 3 is 2.95 bits per heavy atom. The Hall–Kier alpha value is -2.44. The van der Waals surface area contributed by atoms with Gasteiger partial charge in [-0.05, 0) is 49.4 Å². The quantitative estimate of drug-likeness (QED) is 0.892. The molecule has 1 aromatic heterocycles. The third-order valence-corrected chi connectivity index (χ3v) is 3.57. The normalized spacial score (nSPS) is 13.9. The van der Waals surface area contributed by atoms with Crippen LogP contribution in [0.2, 0.25) is 0 Å². The zero-order chi connectivity index (χ0) is 15.5. The van der Waals surface area contributed by atoms with Crippen LogP contribution >= 0.6 is 0 Å². The van der Waals surface area contributed by atoms with Gasteiger partial charge in [0, 0.05) is 5.69 Å². The van der Waals surface area contributed by atoms with E-state index in [4.69, 9.17) is 0 Å². The average molecular weight is 303 g/mol. The van der Waals surface area contributed by atoms with E-state index in [0.29, 0.717) is 36.0 Å². The van der Waals surface area contributed by atoms with Gasteiger partial charge in [-0.25, -0.2) is 9.18 Å². The van der Waals surface area contributed by atoms with Crippen LogP contribution in [0.3, 0.4) is 0 Å². The third-order valence-electron chi connectivity index (χ3n) is 3.57. The number of hydrogen-bond acceptors (Lipinski definition) is 3.